The molecule has 0 aromatic rings. The molecule has 0 saturated carbocycles. The van der Waals surface area contributed by atoms with Crippen molar-refractivity contribution >= 4 is 6.29 Å². The molecule has 0 N–H and O–H groups in total. The Balaban J connectivity index is 4.04. The highest BCUT2D eigenvalue weighted by molar-refractivity contribution is 5.77. The van der Waals surface area contributed by atoms with Gasteiger partial charge in [0.1, 0.15) is 6.29 Å². The van der Waals surface area contributed by atoms with Gasteiger partial charge in [0.2, 0.25) is 0 Å². The first-order chi connectivity index (χ1) is 4.35. The van der Waals surface area contributed by atoms with Gasteiger partial charge in [-0.15, -0.1) is 6.42 Å². The second kappa shape index (κ2) is 4.86. The molecule has 0 heterocycles. The predicted molar refractivity (Wildman–Crippen MR) is 37.8 cm³/mol. The predicted octanol–water partition coefficient (Wildman–Crippen LogP) is 1.32. The second-order valence-electron chi connectivity index (χ2n) is 1.41. The summed E-state index contributed by atoms with van der Waals surface area (Å²) < 4.78 is 0. The average molecular weight is 120 g/mol. The zero-order valence-corrected chi connectivity index (χ0v) is 5.29. The summed E-state index contributed by atoms with van der Waals surface area (Å²) >= 11 is 0. The summed E-state index contributed by atoms with van der Waals surface area (Å²) in [5, 5.41) is 0. The first kappa shape index (κ1) is 7.71. The van der Waals surface area contributed by atoms with Gasteiger partial charge in [0.15, 0.2) is 0 Å². The summed E-state index contributed by atoms with van der Waals surface area (Å²) in [6, 6.07) is 0. The summed E-state index contributed by atoms with van der Waals surface area (Å²) in [6.07, 6.45) is 10.4. The standard InChI is InChI=1S/C8H8O/c1-3-5-6-8(4-2)7-9/h1,4-7H,2H3/b6-5-,8-4+. The quantitative estimate of drug-likeness (QED) is 0.232. The lowest BCUT2D eigenvalue weighted by Crippen LogP contribution is -1.74. The van der Waals surface area contributed by atoms with Crippen LogP contribution in [0.4, 0.5) is 0 Å². The number of carbonyl (C=O) groups excluding carboxylic acids is 1. The molecule has 0 aliphatic rings. The molecule has 0 fully saturated rings. The highest BCUT2D eigenvalue weighted by Gasteiger charge is 1.80. The van der Waals surface area contributed by atoms with Crippen LogP contribution in [0.2, 0.25) is 0 Å². The summed E-state index contributed by atoms with van der Waals surface area (Å²) in [7, 11) is 0. The van der Waals surface area contributed by atoms with Crippen molar-refractivity contribution in [3.63, 3.8) is 0 Å². The van der Waals surface area contributed by atoms with Gasteiger partial charge in [-0.3, -0.25) is 4.79 Å². The molecule has 0 unspecified atom stereocenters. The van der Waals surface area contributed by atoms with E-state index in [1.54, 1.807) is 19.1 Å². The van der Waals surface area contributed by atoms with Crippen LogP contribution in [0.1, 0.15) is 6.92 Å². The fourth-order valence-corrected chi connectivity index (χ4v) is 0.348. The van der Waals surface area contributed by atoms with E-state index in [9.17, 15) is 4.79 Å². The monoisotopic (exact) mass is 120 g/mol. The van der Waals surface area contributed by atoms with E-state index < -0.39 is 0 Å². The Kier molecular flexibility index (Phi) is 4.16. The largest absolute Gasteiger partial charge is 0.298 e. The molecule has 0 aromatic carbocycles. The van der Waals surface area contributed by atoms with E-state index in [1.807, 2.05) is 0 Å². The number of hydrogen-bond donors (Lipinski definition) is 0. The number of allylic oxidation sites excluding steroid dienone is 4. The molecule has 0 bridgehead atoms. The zero-order chi connectivity index (χ0) is 7.11. The van der Waals surface area contributed by atoms with Gasteiger partial charge in [-0.1, -0.05) is 12.0 Å². The first-order valence-electron chi connectivity index (χ1n) is 2.59. The smallest absolute Gasteiger partial charge is 0.149 e. The Morgan fingerprint density at radius 1 is 1.67 bits per heavy atom. The lowest BCUT2D eigenvalue weighted by molar-refractivity contribution is -0.104. The van der Waals surface area contributed by atoms with Crippen molar-refractivity contribution in [2.24, 2.45) is 0 Å². The minimum atomic E-state index is 0.605. The zero-order valence-electron chi connectivity index (χ0n) is 5.29. The van der Waals surface area contributed by atoms with Crippen molar-refractivity contribution < 1.29 is 4.79 Å². The minimum Gasteiger partial charge on any atom is -0.298 e. The van der Waals surface area contributed by atoms with E-state index in [2.05, 4.69) is 5.92 Å². The fourth-order valence-electron chi connectivity index (χ4n) is 0.348. The topological polar surface area (TPSA) is 17.1 Å². The van der Waals surface area contributed by atoms with Crippen molar-refractivity contribution in [1.82, 2.24) is 0 Å². The normalized spacial score (nSPS) is 11.3. The molecule has 0 atom stereocenters. The van der Waals surface area contributed by atoms with Crippen molar-refractivity contribution in [3.8, 4) is 12.3 Å². The lowest BCUT2D eigenvalue weighted by Gasteiger charge is -1.80. The summed E-state index contributed by atoms with van der Waals surface area (Å²) in [6.45, 7) is 1.78. The van der Waals surface area contributed by atoms with E-state index >= 15 is 0 Å². The molecule has 0 amide bonds. The van der Waals surface area contributed by atoms with E-state index in [4.69, 9.17) is 6.42 Å². The molecule has 0 aliphatic heterocycles. The molecule has 1 heteroatoms. The van der Waals surface area contributed by atoms with Crippen molar-refractivity contribution in [2.75, 3.05) is 0 Å². The molecule has 0 aromatic heterocycles. The first-order valence-corrected chi connectivity index (χ1v) is 2.59. The highest BCUT2D eigenvalue weighted by atomic mass is 16.1. The van der Waals surface area contributed by atoms with E-state index in [-0.39, 0.29) is 0 Å². The van der Waals surface area contributed by atoms with Crippen LogP contribution in [0, 0.1) is 12.3 Å². The van der Waals surface area contributed by atoms with Gasteiger partial charge in [-0.05, 0) is 19.1 Å². The maximum atomic E-state index is 10.1. The van der Waals surface area contributed by atoms with Gasteiger partial charge in [0.05, 0.1) is 0 Å². The van der Waals surface area contributed by atoms with Crippen LogP contribution in [-0.4, -0.2) is 6.29 Å². The molecular formula is C8H8O. The maximum Gasteiger partial charge on any atom is 0.149 e. The van der Waals surface area contributed by atoms with Gasteiger partial charge >= 0.3 is 0 Å². The average Bonchev–Trinajstić information content (AvgIpc) is 1.91. The van der Waals surface area contributed by atoms with Crippen LogP contribution in [0.5, 0.6) is 0 Å². The van der Waals surface area contributed by atoms with E-state index in [0.29, 0.717) is 5.57 Å². The minimum absolute atomic E-state index is 0.605. The van der Waals surface area contributed by atoms with Crippen molar-refractivity contribution in [2.45, 2.75) is 6.92 Å². The lowest BCUT2D eigenvalue weighted by atomic mass is 10.2. The number of hydrogen-bond acceptors (Lipinski definition) is 1. The number of rotatable bonds is 2. The Labute approximate surface area is 55.1 Å². The molecule has 0 spiro atoms. The van der Waals surface area contributed by atoms with Crippen LogP contribution < -0.4 is 0 Å². The molecule has 0 saturated heterocycles. The van der Waals surface area contributed by atoms with Crippen molar-refractivity contribution in [1.29, 1.82) is 0 Å². The number of aldehydes is 1. The van der Waals surface area contributed by atoms with Crippen LogP contribution in [0.25, 0.3) is 0 Å². The Morgan fingerprint density at radius 3 is 2.67 bits per heavy atom. The number of carbonyl (C=O) groups is 1. The van der Waals surface area contributed by atoms with Crippen LogP contribution >= 0.6 is 0 Å². The van der Waals surface area contributed by atoms with Gasteiger partial charge < -0.3 is 0 Å². The molecule has 0 radical (unpaired) electrons. The Morgan fingerprint density at radius 2 is 2.33 bits per heavy atom. The SMILES string of the molecule is C#C/C=C\C(C=O)=C/C. The second-order valence-corrected chi connectivity index (χ2v) is 1.41. The molecule has 46 valence electrons. The summed E-state index contributed by atoms with van der Waals surface area (Å²) in [5.41, 5.74) is 0.605. The Bertz CT molecular complexity index is 179. The highest BCUT2D eigenvalue weighted by Crippen LogP contribution is 1.89. The summed E-state index contributed by atoms with van der Waals surface area (Å²) in [5.74, 6) is 2.29. The molecule has 0 rings (SSSR count). The van der Waals surface area contributed by atoms with E-state index in [1.165, 1.54) is 6.08 Å². The van der Waals surface area contributed by atoms with Crippen LogP contribution in [-0.2, 0) is 4.79 Å². The molecule has 9 heavy (non-hydrogen) atoms. The third kappa shape index (κ3) is 3.31. The third-order valence-electron chi connectivity index (χ3n) is 0.841. The van der Waals surface area contributed by atoms with Crippen LogP contribution in [0.3, 0.4) is 0 Å². The van der Waals surface area contributed by atoms with Gasteiger partial charge in [-0.2, -0.15) is 0 Å². The Hall–Kier alpha value is -1.29. The van der Waals surface area contributed by atoms with Gasteiger partial charge in [0, 0.05) is 5.57 Å². The van der Waals surface area contributed by atoms with Gasteiger partial charge in [-0.25, -0.2) is 0 Å². The van der Waals surface area contributed by atoms with Gasteiger partial charge in [0.25, 0.3) is 0 Å². The molecular weight excluding hydrogens is 112 g/mol. The summed E-state index contributed by atoms with van der Waals surface area (Å²) in [4.78, 5) is 10.1. The molecule has 0 aliphatic carbocycles. The van der Waals surface area contributed by atoms with Crippen molar-refractivity contribution in [3.05, 3.63) is 23.8 Å². The van der Waals surface area contributed by atoms with E-state index in [0.717, 1.165) is 6.29 Å². The third-order valence-corrected chi connectivity index (χ3v) is 0.841. The molecule has 1 nitrogen and oxygen atoms in total. The maximum absolute atomic E-state index is 10.1. The fraction of sp³-hybridized carbons (Fsp3) is 0.125. The van der Waals surface area contributed by atoms with Crippen LogP contribution in [0.15, 0.2) is 23.8 Å². The number of terminal acetylenes is 1.